The van der Waals surface area contributed by atoms with Gasteiger partial charge in [-0.1, -0.05) is 5.56 Å². The summed E-state index contributed by atoms with van der Waals surface area (Å²) in [6.45, 7) is 0. The van der Waals surface area contributed by atoms with Crippen molar-refractivity contribution in [2.24, 2.45) is 0 Å². The second-order valence-electron chi connectivity index (χ2n) is 2.28. The summed E-state index contributed by atoms with van der Waals surface area (Å²) in [5.74, 6) is 2.51. The van der Waals surface area contributed by atoms with E-state index in [-0.39, 0.29) is 16.5 Å². The fraction of sp³-hybridized carbons (Fsp3) is 0. The standard InChI is InChI=1S/C7H5.C5H5.Ni/c1-2-7-5-3-4-6-7;1-2-4-5-3-1;/h1,3-6H;1-5H;/q2*-1;+2. The Balaban J connectivity index is 0.000000215. The van der Waals surface area contributed by atoms with Gasteiger partial charge in [0, 0.05) is 0 Å². The van der Waals surface area contributed by atoms with E-state index in [0.29, 0.717) is 0 Å². The van der Waals surface area contributed by atoms with Crippen LogP contribution in [0.25, 0.3) is 0 Å². The number of terminal acetylenes is 1. The molecular weight excluding hydrogens is 203 g/mol. The first-order valence-corrected chi connectivity index (χ1v) is 3.78. The van der Waals surface area contributed by atoms with Gasteiger partial charge in [-0.25, -0.2) is 18.6 Å². The molecule has 2 rings (SSSR count). The van der Waals surface area contributed by atoms with Gasteiger partial charge in [-0.15, -0.1) is 12.1 Å². The molecule has 0 aliphatic carbocycles. The molecule has 0 heterocycles. The monoisotopic (exact) mass is 212 g/mol. The topological polar surface area (TPSA) is 0 Å². The van der Waals surface area contributed by atoms with Crippen molar-refractivity contribution in [3.05, 3.63) is 60.2 Å². The molecule has 1 heteroatoms. The molecule has 0 amide bonds. The van der Waals surface area contributed by atoms with Gasteiger partial charge in [-0.3, -0.25) is 0 Å². The van der Waals surface area contributed by atoms with E-state index in [9.17, 15) is 0 Å². The van der Waals surface area contributed by atoms with Gasteiger partial charge in [0.05, 0.1) is 0 Å². The molecule has 0 N–H and O–H groups in total. The molecule has 68 valence electrons. The van der Waals surface area contributed by atoms with Crippen LogP contribution in [0.1, 0.15) is 5.56 Å². The fourth-order valence-electron chi connectivity index (χ4n) is 0.791. The van der Waals surface area contributed by atoms with Crippen LogP contribution in [0, 0.1) is 12.3 Å². The zero-order chi connectivity index (χ0) is 8.65. The minimum Gasteiger partial charge on any atom is -0.228 e. The molecule has 0 atom stereocenters. The molecule has 2 aromatic carbocycles. The molecule has 0 aromatic heterocycles. The fourth-order valence-corrected chi connectivity index (χ4v) is 0.791. The molecule has 0 nitrogen and oxygen atoms in total. The van der Waals surface area contributed by atoms with Crippen molar-refractivity contribution < 1.29 is 16.5 Å². The summed E-state index contributed by atoms with van der Waals surface area (Å²) in [6.07, 6.45) is 5.04. The van der Waals surface area contributed by atoms with Crippen molar-refractivity contribution in [1.82, 2.24) is 0 Å². The van der Waals surface area contributed by atoms with Crippen LogP contribution in [0.15, 0.2) is 54.6 Å². The van der Waals surface area contributed by atoms with Crippen LogP contribution < -0.4 is 0 Å². The first-order valence-electron chi connectivity index (χ1n) is 3.78. The molecule has 0 spiro atoms. The Morgan fingerprint density at radius 2 is 1.54 bits per heavy atom. The van der Waals surface area contributed by atoms with Crippen molar-refractivity contribution in [2.75, 3.05) is 0 Å². The number of rotatable bonds is 0. The first kappa shape index (κ1) is 11.8. The van der Waals surface area contributed by atoms with Gasteiger partial charge in [0.1, 0.15) is 0 Å². The molecule has 0 bridgehead atoms. The minimum atomic E-state index is 0. The Labute approximate surface area is 89.2 Å². The molecule has 0 aliphatic rings. The van der Waals surface area contributed by atoms with Crippen molar-refractivity contribution in [2.45, 2.75) is 0 Å². The molecule has 13 heavy (non-hydrogen) atoms. The largest absolute Gasteiger partial charge is 2.00 e. The maximum absolute atomic E-state index is 5.04. The maximum Gasteiger partial charge on any atom is 2.00 e. The first-order chi connectivity index (χ1) is 5.93. The number of hydrogen-bond donors (Lipinski definition) is 0. The Morgan fingerprint density at radius 3 is 1.77 bits per heavy atom. The average molecular weight is 213 g/mol. The molecule has 0 radical (unpaired) electrons. The molecule has 0 aliphatic heterocycles. The average Bonchev–Trinajstić information content (AvgIpc) is 2.81. The van der Waals surface area contributed by atoms with Gasteiger partial charge in [-0.2, -0.15) is 36.3 Å². The molecule has 0 saturated heterocycles. The summed E-state index contributed by atoms with van der Waals surface area (Å²) in [5.41, 5.74) is 0.958. The third-order valence-corrected chi connectivity index (χ3v) is 1.38. The third kappa shape index (κ3) is 5.07. The van der Waals surface area contributed by atoms with Crippen LogP contribution >= 0.6 is 0 Å². The van der Waals surface area contributed by atoms with Crippen molar-refractivity contribution >= 4 is 0 Å². The van der Waals surface area contributed by atoms with Gasteiger partial charge in [0.15, 0.2) is 0 Å². The summed E-state index contributed by atoms with van der Waals surface area (Å²) in [6, 6.07) is 17.7. The predicted octanol–water partition coefficient (Wildman–Crippen LogP) is 2.79. The molecule has 2 aromatic rings. The summed E-state index contributed by atoms with van der Waals surface area (Å²) >= 11 is 0. The van der Waals surface area contributed by atoms with Crippen molar-refractivity contribution in [1.29, 1.82) is 0 Å². The van der Waals surface area contributed by atoms with Gasteiger partial charge in [0.2, 0.25) is 0 Å². The van der Waals surface area contributed by atoms with E-state index in [2.05, 4.69) is 5.92 Å². The van der Waals surface area contributed by atoms with Gasteiger partial charge in [-0.05, 0) is 0 Å². The Kier molecular flexibility index (Phi) is 6.70. The van der Waals surface area contributed by atoms with Crippen molar-refractivity contribution in [3.63, 3.8) is 0 Å². The summed E-state index contributed by atoms with van der Waals surface area (Å²) < 4.78 is 0. The van der Waals surface area contributed by atoms with E-state index < -0.39 is 0 Å². The van der Waals surface area contributed by atoms with Gasteiger partial charge < -0.3 is 0 Å². The third-order valence-electron chi connectivity index (χ3n) is 1.38. The summed E-state index contributed by atoms with van der Waals surface area (Å²) in [7, 11) is 0. The van der Waals surface area contributed by atoms with Crippen LogP contribution in [0.5, 0.6) is 0 Å². The Bertz CT molecular complexity index is 291. The normalized spacial score (nSPS) is 7.31. The summed E-state index contributed by atoms with van der Waals surface area (Å²) in [5, 5.41) is 0. The zero-order valence-corrected chi connectivity index (χ0v) is 8.08. The van der Waals surface area contributed by atoms with Crippen molar-refractivity contribution in [3.8, 4) is 12.3 Å². The number of hydrogen-bond acceptors (Lipinski definition) is 0. The molecule has 0 saturated carbocycles. The second kappa shape index (κ2) is 7.41. The maximum atomic E-state index is 5.04. The van der Waals surface area contributed by atoms with Gasteiger partial charge in [0.25, 0.3) is 0 Å². The molecule has 0 unspecified atom stereocenters. The Morgan fingerprint density at radius 1 is 1.00 bits per heavy atom. The Hall–Kier alpha value is -1.25. The van der Waals surface area contributed by atoms with Crippen LogP contribution in [0.4, 0.5) is 0 Å². The van der Waals surface area contributed by atoms with E-state index in [4.69, 9.17) is 6.42 Å². The van der Waals surface area contributed by atoms with E-state index in [1.807, 2.05) is 54.6 Å². The van der Waals surface area contributed by atoms with Crippen LogP contribution in [-0.2, 0) is 16.5 Å². The zero-order valence-electron chi connectivity index (χ0n) is 7.09. The SMILES string of the molecule is C#C[c-]1cccc1.[Ni+2].c1cc[cH-]c1. The van der Waals surface area contributed by atoms with E-state index in [0.717, 1.165) is 5.56 Å². The van der Waals surface area contributed by atoms with E-state index in [1.54, 1.807) is 0 Å². The minimum absolute atomic E-state index is 0. The van der Waals surface area contributed by atoms with Crippen LogP contribution in [0.3, 0.4) is 0 Å². The van der Waals surface area contributed by atoms with Gasteiger partial charge >= 0.3 is 16.5 Å². The second-order valence-corrected chi connectivity index (χ2v) is 2.28. The molecule has 0 fully saturated rings. The van der Waals surface area contributed by atoms with E-state index >= 15 is 0 Å². The smallest absolute Gasteiger partial charge is 0.228 e. The van der Waals surface area contributed by atoms with Crippen LogP contribution in [-0.4, -0.2) is 0 Å². The predicted molar refractivity (Wildman–Crippen MR) is 52.0 cm³/mol. The van der Waals surface area contributed by atoms with Crippen LogP contribution in [0.2, 0.25) is 0 Å². The molecular formula is C12H10Ni. The van der Waals surface area contributed by atoms with E-state index in [1.165, 1.54) is 0 Å². The quantitative estimate of drug-likeness (QED) is 0.358. The summed E-state index contributed by atoms with van der Waals surface area (Å²) in [4.78, 5) is 0.